The van der Waals surface area contributed by atoms with Gasteiger partial charge in [-0.05, 0) is 40.6 Å². The fourth-order valence-electron chi connectivity index (χ4n) is 2.33. The summed E-state index contributed by atoms with van der Waals surface area (Å²) in [5.74, 6) is 0.416. The Labute approximate surface area is 138 Å². The molecule has 5 nitrogen and oxygen atoms in total. The summed E-state index contributed by atoms with van der Waals surface area (Å²) in [6.07, 6.45) is 3.34. The van der Waals surface area contributed by atoms with Crippen molar-refractivity contribution in [1.82, 2.24) is 0 Å². The van der Waals surface area contributed by atoms with Gasteiger partial charge in [-0.1, -0.05) is 36.4 Å². The number of benzene rings is 3. The third kappa shape index (κ3) is 3.47. The van der Waals surface area contributed by atoms with Crippen molar-refractivity contribution in [3.05, 3.63) is 94.2 Å². The highest BCUT2D eigenvalue weighted by molar-refractivity contribution is 6.01. The maximum absolute atomic E-state index is 10.6. The summed E-state index contributed by atoms with van der Waals surface area (Å²) in [5.41, 5.74) is 7.75. The standard InChI is InChI=1S/C19H15N3O2/c20-19(17-8-7-15-3-1-2-4-16(15)13-17)21-12-11-14-5-9-18(10-6-14)22(23)24/h1-13H,(H2,20,21). The van der Waals surface area contributed by atoms with Gasteiger partial charge >= 0.3 is 0 Å². The van der Waals surface area contributed by atoms with Crippen molar-refractivity contribution >= 4 is 28.4 Å². The van der Waals surface area contributed by atoms with Crippen LogP contribution in [0.15, 0.2) is 77.9 Å². The molecule has 3 rings (SSSR count). The van der Waals surface area contributed by atoms with Gasteiger partial charge in [-0.15, -0.1) is 0 Å². The number of nitrogens with two attached hydrogens (primary N) is 1. The molecule has 0 heterocycles. The molecule has 0 atom stereocenters. The molecular formula is C19H15N3O2. The Bertz CT molecular complexity index is 944. The lowest BCUT2D eigenvalue weighted by atomic mass is 10.1. The Morgan fingerprint density at radius 3 is 2.42 bits per heavy atom. The van der Waals surface area contributed by atoms with Gasteiger partial charge in [0.25, 0.3) is 5.69 Å². The SMILES string of the molecule is NC(=NC=Cc1ccc([N+](=O)[O-])cc1)c1ccc2ccccc2c1. The first-order valence-electron chi connectivity index (χ1n) is 7.37. The smallest absolute Gasteiger partial charge is 0.269 e. The first kappa shape index (κ1) is 15.4. The largest absolute Gasteiger partial charge is 0.383 e. The fourth-order valence-corrected chi connectivity index (χ4v) is 2.33. The zero-order valence-corrected chi connectivity index (χ0v) is 12.8. The minimum Gasteiger partial charge on any atom is -0.383 e. The van der Waals surface area contributed by atoms with Gasteiger partial charge in [0.05, 0.1) is 4.92 Å². The van der Waals surface area contributed by atoms with Crippen LogP contribution in [-0.4, -0.2) is 10.8 Å². The second-order valence-corrected chi connectivity index (χ2v) is 5.24. The van der Waals surface area contributed by atoms with Crippen molar-refractivity contribution in [3.8, 4) is 0 Å². The van der Waals surface area contributed by atoms with Crippen molar-refractivity contribution in [3.63, 3.8) is 0 Å². The number of nitro groups is 1. The van der Waals surface area contributed by atoms with Crippen LogP contribution in [0, 0.1) is 10.1 Å². The average molecular weight is 317 g/mol. The molecule has 0 bridgehead atoms. The second kappa shape index (κ2) is 6.75. The first-order chi connectivity index (χ1) is 11.6. The summed E-state index contributed by atoms with van der Waals surface area (Å²) >= 11 is 0. The summed E-state index contributed by atoms with van der Waals surface area (Å²) in [7, 11) is 0. The fraction of sp³-hybridized carbons (Fsp3) is 0. The summed E-state index contributed by atoms with van der Waals surface area (Å²) in [5, 5.41) is 12.9. The molecular weight excluding hydrogens is 302 g/mol. The van der Waals surface area contributed by atoms with Crippen molar-refractivity contribution in [2.75, 3.05) is 0 Å². The third-order valence-corrected chi connectivity index (χ3v) is 3.63. The van der Waals surface area contributed by atoms with Crippen LogP contribution in [0.5, 0.6) is 0 Å². The lowest BCUT2D eigenvalue weighted by molar-refractivity contribution is -0.384. The third-order valence-electron chi connectivity index (χ3n) is 3.63. The van der Waals surface area contributed by atoms with Crippen molar-refractivity contribution in [2.24, 2.45) is 10.7 Å². The Kier molecular flexibility index (Phi) is 4.34. The number of non-ortho nitro benzene ring substituents is 1. The van der Waals surface area contributed by atoms with E-state index < -0.39 is 4.92 Å². The van der Waals surface area contributed by atoms with Crippen LogP contribution in [0.25, 0.3) is 16.8 Å². The van der Waals surface area contributed by atoms with Gasteiger partial charge in [0.15, 0.2) is 0 Å². The van der Waals surface area contributed by atoms with Gasteiger partial charge in [-0.2, -0.15) is 0 Å². The number of hydrogen-bond acceptors (Lipinski definition) is 3. The van der Waals surface area contributed by atoms with Crippen LogP contribution in [0.4, 0.5) is 5.69 Å². The molecule has 0 spiro atoms. The number of hydrogen-bond donors (Lipinski definition) is 1. The van der Waals surface area contributed by atoms with Crippen molar-refractivity contribution < 1.29 is 4.92 Å². The van der Waals surface area contributed by atoms with E-state index in [1.165, 1.54) is 12.1 Å². The maximum Gasteiger partial charge on any atom is 0.269 e. The Morgan fingerprint density at radius 1 is 1.00 bits per heavy atom. The van der Waals surface area contributed by atoms with Gasteiger partial charge in [0, 0.05) is 23.9 Å². The molecule has 2 N–H and O–H groups in total. The number of rotatable bonds is 4. The molecule has 24 heavy (non-hydrogen) atoms. The summed E-state index contributed by atoms with van der Waals surface area (Å²) in [6, 6.07) is 20.2. The predicted molar refractivity (Wildman–Crippen MR) is 96.8 cm³/mol. The molecule has 0 fully saturated rings. The molecule has 118 valence electrons. The molecule has 0 aliphatic rings. The normalized spacial score (nSPS) is 11.9. The minimum absolute atomic E-state index is 0.0614. The highest BCUT2D eigenvalue weighted by Gasteiger charge is 2.02. The Balaban J connectivity index is 1.78. The van der Waals surface area contributed by atoms with Gasteiger partial charge in [0.2, 0.25) is 0 Å². The summed E-state index contributed by atoms with van der Waals surface area (Å²) < 4.78 is 0. The number of nitrogens with zero attached hydrogens (tertiary/aromatic N) is 2. The number of aliphatic imine (C=N–C) groups is 1. The Hall–Kier alpha value is -3.47. The first-order valence-corrected chi connectivity index (χ1v) is 7.37. The Morgan fingerprint density at radius 2 is 1.71 bits per heavy atom. The van der Waals surface area contributed by atoms with Gasteiger partial charge in [-0.3, -0.25) is 10.1 Å². The van der Waals surface area contributed by atoms with E-state index >= 15 is 0 Å². The van der Waals surface area contributed by atoms with E-state index in [0.29, 0.717) is 5.84 Å². The molecule has 0 amide bonds. The zero-order chi connectivity index (χ0) is 16.9. The van der Waals surface area contributed by atoms with Crippen LogP contribution < -0.4 is 5.73 Å². The van der Waals surface area contributed by atoms with Crippen molar-refractivity contribution in [2.45, 2.75) is 0 Å². The van der Waals surface area contributed by atoms with Gasteiger partial charge in [0.1, 0.15) is 5.84 Å². The molecule has 3 aromatic rings. The molecule has 0 radical (unpaired) electrons. The monoisotopic (exact) mass is 317 g/mol. The van der Waals surface area contributed by atoms with Crippen LogP contribution >= 0.6 is 0 Å². The molecule has 0 unspecified atom stereocenters. The van der Waals surface area contributed by atoms with Gasteiger partial charge in [-0.25, -0.2) is 4.99 Å². The highest BCUT2D eigenvalue weighted by atomic mass is 16.6. The number of nitro benzene ring substituents is 1. The molecule has 0 saturated carbocycles. The van der Waals surface area contributed by atoms with E-state index in [1.807, 2.05) is 42.5 Å². The quantitative estimate of drug-likeness (QED) is 0.340. The van der Waals surface area contributed by atoms with Crippen LogP contribution in [0.1, 0.15) is 11.1 Å². The van der Waals surface area contributed by atoms with Crippen LogP contribution in [0.3, 0.4) is 0 Å². The average Bonchev–Trinajstić information content (AvgIpc) is 2.61. The molecule has 0 aromatic heterocycles. The number of amidine groups is 1. The zero-order valence-electron chi connectivity index (χ0n) is 12.8. The summed E-state index contributed by atoms with van der Waals surface area (Å²) in [6.45, 7) is 0. The van der Waals surface area contributed by atoms with Gasteiger partial charge < -0.3 is 5.73 Å². The highest BCUT2D eigenvalue weighted by Crippen LogP contribution is 2.16. The minimum atomic E-state index is -0.427. The van der Waals surface area contributed by atoms with Crippen LogP contribution in [-0.2, 0) is 0 Å². The van der Waals surface area contributed by atoms with E-state index in [0.717, 1.165) is 21.9 Å². The lowest BCUT2D eigenvalue weighted by Crippen LogP contribution is -2.12. The van der Waals surface area contributed by atoms with Crippen molar-refractivity contribution in [1.29, 1.82) is 0 Å². The van der Waals surface area contributed by atoms with E-state index in [9.17, 15) is 10.1 Å². The van der Waals surface area contributed by atoms with E-state index in [4.69, 9.17) is 5.73 Å². The van der Waals surface area contributed by atoms with Crippen LogP contribution in [0.2, 0.25) is 0 Å². The van der Waals surface area contributed by atoms with E-state index in [2.05, 4.69) is 4.99 Å². The predicted octanol–water partition coefficient (Wildman–Crippen LogP) is 4.12. The molecule has 3 aromatic carbocycles. The summed E-state index contributed by atoms with van der Waals surface area (Å²) in [4.78, 5) is 14.4. The molecule has 0 aliphatic heterocycles. The molecule has 5 heteroatoms. The molecule has 0 saturated heterocycles. The second-order valence-electron chi connectivity index (χ2n) is 5.24. The van der Waals surface area contributed by atoms with E-state index in [1.54, 1.807) is 24.4 Å². The molecule has 0 aliphatic carbocycles. The topological polar surface area (TPSA) is 81.5 Å². The van der Waals surface area contributed by atoms with E-state index in [-0.39, 0.29) is 5.69 Å². The lowest BCUT2D eigenvalue weighted by Gasteiger charge is -2.02. The maximum atomic E-state index is 10.6. The number of fused-ring (bicyclic) bond motifs is 1.